The van der Waals surface area contributed by atoms with Crippen molar-refractivity contribution in [1.82, 2.24) is 9.78 Å². The summed E-state index contributed by atoms with van der Waals surface area (Å²) in [5.74, 6) is 0.174. The summed E-state index contributed by atoms with van der Waals surface area (Å²) in [6, 6.07) is 14.6. The number of halogens is 1. The van der Waals surface area contributed by atoms with E-state index in [1.807, 2.05) is 0 Å². The summed E-state index contributed by atoms with van der Waals surface area (Å²) in [4.78, 5) is 12.3. The SMILES string of the molecule is CC(C(=O)Nc1cccc(OCc2ccc(F)cc2)c1)n1cccn1. The number of anilines is 1. The van der Waals surface area contributed by atoms with Crippen LogP contribution in [0.4, 0.5) is 10.1 Å². The van der Waals surface area contributed by atoms with Crippen LogP contribution in [-0.4, -0.2) is 15.7 Å². The van der Waals surface area contributed by atoms with Gasteiger partial charge in [-0.1, -0.05) is 18.2 Å². The molecule has 25 heavy (non-hydrogen) atoms. The lowest BCUT2D eigenvalue weighted by Gasteiger charge is -2.13. The normalized spacial score (nSPS) is 11.8. The molecule has 0 radical (unpaired) electrons. The molecule has 0 aliphatic rings. The van der Waals surface area contributed by atoms with E-state index in [0.717, 1.165) is 5.56 Å². The number of ether oxygens (including phenoxy) is 1. The maximum atomic E-state index is 12.9. The Morgan fingerprint density at radius 2 is 2.04 bits per heavy atom. The van der Waals surface area contributed by atoms with E-state index in [2.05, 4.69) is 10.4 Å². The highest BCUT2D eigenvalue weighted by Crippen LogP contribution is 2.20. The van der Waals surface area contributed by atoms with Gasteiger partial charge in [0.05, 0.1) is 0 Å². The molecule has 128 valence electrons. The van der Waals surface area contributed by atoms with E-state index in [-0.39, 0.29) is 11.7 Å². The zero-order valence-electron chi connectivity index (χ0n) is 13.7. The summed E-state index contributed by atoms with van der Waals surface area (Å²) in [6.45, 7) is 2.10. The third-order valence-electron chi connectivity index (χ3n) is 3.72. The van der Waals surface area contributed by atoms with Crippen molar-refractivity contribution in [1.29, 1.82) is 0 Å². The van der Waals surface area contributed by atoms with Gasteiger partial charge in [-0.2, -0.15) is 5.10 Å². The lowest BCUT2D eigenvalue weighted by atomic mass is 10.2. The van der Waals surface area contributed by atoms with E-state index in [1.165, 1.54) is 12.1 Å². The van der Waals surface area contributed by atoms with E-state index in [4.69, 9.17) is 4.74 Å². The van der Waals surface area contributed by atoms with Crippen molar-refractivity contribution in [3.05, 3.63) is 78.4 Å². The first-order chi connectivity index (χ1) is 12.1. The Morgan fingerprint density at radius 1 is 1.24 bits per heavy atom. The molecule has 1 amide bonds. The minimum absolute atomic E-state index is 0.167. The first-order valence-corrected chi connectivity index (χ1v) is 7.89. The van der Waals surface area contributed by atoms with Crippen molar-refractivity contribution in [2.75, 3.05) is 5.32 Å². The summed E-state index contributed by atoms with van der Waals surface area (Å²) in [5.41, 5.74) is 1.50. The molecule has 1 N–H and O–H groups in total. The van der Waals surface area contributed by atoms with Crippen molar-refractivity contribution < 1.29 is 13.9 Å². The molecule has 0 spiro atoms. The van der Waals surface area contributed by atoms with Gasteiger partial charge in [0.1, 0.15) is 24.2 Å². The van der Waals surface area contributed by atoms with Crippen LogP contribution in [0.15, 0.2) is 67.0 Å². The Labute approximate surface area is 145 Å². The number of hydrogen-bond donors (Lipinski definition) is 1. The number of aromatic nitrogens is 2. The van der Waals surface area contributed by atoms with Crippen LogP contribution in [0, 0.1) is 5.82 Å². The standard InChI is InChI=1S/C19H18FN3O2/c1-14(23-11-3-10-21-23)19(24)22-17-4-2-5-18(12-17)25-13-15-6-8-16(20)9-7-15/h2-12,14H,13H2,1H3,(H,22,24). The minimum Gasteiger partial charge on any atom is -0.489 e. The molecule has 1 atom stereocenters. The van der Waals surface area contributed by atoms with Gasteiger partial charge in [-0.3, -0.25) is 9.48 Å². The highest BCUT2D eigenvalue weighted by molar-refractivity contribution is 5.93. The zero-order chi connectivity index (χ0) is 17.6. The number of amides is 1. The fraction of sp³-hybridized carbons (Fsp3) is 0.158. The molecule has 0 bridgehead atoms. The Morgan fingerprint density at radius 3 is 2.76 bits per heavy atom. The molecule has 0 aliphatic carbocycles. The highest BCUT2D eigenvalue weighted by Gasteiger charge is 2.15. The van der Waals surface area contributed by atoms with Gasteiger partial charge in [-0.25, -0.2) is 4.39 Å². The van der Waals surface area contributed by atoms with Crippen molar-refractivity contribution >= 4 is 11.6 Å². The van der Waals surface area contributed by atoms with Crippen LogP contribution in [0.25, 0.3) is 0 Å². The topological polar surface area (TPSA) is 56.1 Å². The van der Waals surface area contributed by atoms with E-state index in [9.17, 15) is 9.18 Å². The number of nitrogens with zero attached hydrogens (tertiary/aromatic N) is 2. The van der Waals surface area contributed by atoms with Crippen molar-refractivity contribution in [2.24, 2.45) is 0 Å². The first kappa shape index (κ1) is 16.7. The molecule has 2 aromatic carbocycles. The van der Waals surface area contributed by atoms with Gasteiger partial charge in [0.2, 0.25) is 5.91 Å². The molecule has 1 aromatic heterocycles. The van der Waals surface area contributed by atoms with Crippen molar-refractivity contribution in [2.45, 2.75) is 19.6 Å². The van der Waals surface area contributed by atoms with Gasteiger partial charge >= 0.3 is 0 Å². The summed E-state index contributed by atoms with van der Waals surface area (Å²) >= 11 is 0. The fourth-order valence-electron chi connectivity index (χ4n) is 2.29. The second kappa shape index (κ2) is 7.61. The molecule has 1 heterocycles. The minimum atomic E-state index is -0.418. The predicted molar refractivity (Wildman–Crippen MR) is 92.7 cm³/mol. The summed E-state index contributed by atoms with van der Waals surface area (Å²) in [6.07, 6.45) is 3.38. The van der Waals surface area contributed by atoms with Crippen LogP contribution in [0.5, 0.6) is 5.75 Å². The molecule has 3 rings (SSSR count). The fourth-order valence-corrected chi connectivity index (χ4v) is 2.29. The lowest BCUT2D eigenvalue weighted by molar-refractivity contribution is -0.119. The maximum absolute atomic E-state index is 12.9. The summed E-state index contributed by atoms with van der Waals surface area (Å²) in [7, 11) is 0. The maximum Gasteiger partial charge on any atom is 0.248 e. The molecule has 0 saturated heterocycles. The second-order valence-electron chi connectivity index (χ2n) is 5.59. The Bertz CT molecular complexity index is 832. The monoisotopic (exact) mass is 339 g/mol. The van der Waals surface area contributed by atoms with Crippen molar-refractivity contribution in [3.8, 4) is 5.75 Å². The highest BCUT2D eigenvalue weighted by atomic mass is 19.1. The average Bonchev–Trinajstić information content (AvgIpc) is 3.15. The number of hydrogen-bond acceptors (Lipinski definition) is 3. The van der Waals surface area contributed by atoms with Crippen LogP contribution in [0.1, 0.15) is 18.5 Å². The van der Waals surface area contributed by atoms with Crippen LogP contribution in [0.3, 0.4) is 0 Å². The molecular weight excluding hydrogens is 321 g/mol. The number of benzene rings is 2. The summed E-state index contributed by atoms with van der Waals surface area (Å²) in [5, 5.41) is 6.92. The molecule has 0 fully saturated rings. The quantitative estimate of drug-likeness (QED) is 0.743. The van der Waals surface area contributed by atoms with Gasteiger partial charge < -0.3 is 10.1 Å². The number of carbonyl (C=O) groups excluding carboxylic acids is 1. The molecule has 6 heteroatoms. The summed E-state index contributed by atoms with van der Waals surface area (Å²) < 4.78 is 20.2. The Kier molecular flexibility index (Phi) is 5.09. The lowest BCUT2D eigenvalue weighted by Crippen LogP contribution is -2.23. The largest absolute Gasteiger partial charge is 0.489 e. The van der Waals surface area contributed by atoms with Gasteiger partial charge in [-0.05, 0) is 42.8 Å². The van der Waals surface area contributed by atoms with Crippen LogP contribution >= 0.6 is 0 Å². The van der Waals surface area contributed by atoms with E-state index in [0.29, 0.717) is 18.0 Å². The predicted octanol–water partition coefficient (Wildman–Crippen LogP) is 3.80. The van der Waals surface area contributed by atoms with E-state index < -0.39 is 6.04 Å². The third-order valence-corrected chi connectivity index (χ3v) is 3.72. The molecule has 3 aromatic rings. The third kappa shape index (κ3) is 4.44. The van der Waals surface area contributed by atoms with Gasteiger partial charge in [0.25, 0.3) is 0 Å². The molecule has 0 aliphatic heterocycles. The van der Waals surface area contributed by atoms with E-state index >= 15 is 0 Å². The molecule has 0 saturated carbocycles. The van der Waals surface area contributed by atoms with Crippen LogP contribution < -0.4 is 10.1 Å². The smallest absolute Gasteiger partial charge is 0.248 e. The van der Waals surface area contributed by atoms with Crippen molar-refractivity contribution in [3.63, 3.8) is 0 Å². The van der Waals surface area contributed by atoms with E-state index in [1.54, 1.807) is 66.5 Å². The second-order valence-corrected chi connectivity index (χ2v) is 5.59. The van der Waals surface area contributed by atoms with Gasteiger partial charge in [-0.15, -0.1) is 0 Å². The first-order valence-electron chi connectivity index (χ1n) is 7.89. The zero-order valence-corrected chi connectivity index (χ0v) is 13.7. The van der Waals surface area contributed by atoms with Gasteiger partial charge in [0, 0.05) is 24.1 Å². The van der Waals surface area contributed by atoms with Gasteiger partial charge in [0.15, 0.2) is 0 Å². The van der Waals surface area contributed by atoms with Crippen LogP contribution in [-0.2, 0) is 11.4 Å². The number of carbonyl (C=O) groups is 1. The Balaban J connectivity index is 1.61. The molecule has 1 unspecified atom stereocenters. The van der Waals surface area contributed by atoms with Crippen LogP contribution in [0.2, 0.25) is 0 Å². The average molecular weight is 339 g/mol. The molecule has 5 nitrogen and oxygen atoms in total. The number of nitrogens with one attached hydrogen (secondary N) is 1. The molecular formula is C19H18FN3O2. The number of rotatable bonds is 6. The Hall–Kier alpha value is -3.15.